The van der Waals surface area contributed by atoms with Gasteiger partial charge in [-0.15, -0.1) is 11.8 Å². The molecule has 1 saturated heterocycles. The molecule has 1 fully saturated rings. The summed E-state index contributed by atoms with van der Waals surface area (Å²) in [7, 11) is 0. The van der Waals surface area contributed by atoms with Gasteiger partial charge in [0, 0.05) is 29.7 Å². The second-order valence-corrected chi connectivity index (χ2v) is 8.24. The average molecular weight is 375 g/mol. The summed E-state index contributed by atoms with van der Waals surface area (Å²) in [6, 6.07) is 10.1. The summed E-state index contributed by atoms with van der Waals surface area (Å²) in [6.07, 6.45) is 0.300. The van der Waals surface area contributed by atoms with Crippen LogP contribution in [0, 0.1) is 5.92 Å². The molecule has 2 heterocycles. The van der Waals surface area contributed by atoms with Crippen molar-refractivity contribution >= 4 is 40.6 Å². The third kappa shape index (κ3) is 4.44. The van der Waals surface area contributed by atoms with Crippen LogP contribution in [0.2, 0.25) is 0 Å². The summed E-state index contributed by atoms with van der Waals surface area (Å²) in [6.45, 7) is 4.47. The lowest BCUT2D eigenvalue weighted by Crippen LogP contribution is -2.33. The quantitative estimate of drug-likeness (QED) is 0.770. The monoisotopic (exact) mass is 374 g/mol. The molecule has 0 unspecified atom stereocenters. The number of thioether (sulfide) groups is 1. The molecule has 132 valence electrons. The van der Waals surface area contributed by atoms with Crippen molar-refractivity contribution in [2.24, 2.45) is 5.92 Å². The molecular formula is C19H22N2O2S2. The largest absolute Gasteiger partial charge is 0.339 e. The van der Waals surface area contributed by atoms with E-state index in [1.54, 1.807) is 28.0 Å². The number of hydrogen-bond donors (Lipinski definition) is 1. The normalized spacial score (nSPS) is 17.3. The van der Waals surface area contributed by atoms with E-state index in [9.17, 15) is 9.59 Å². The average Bonchev–Trinajstić information content (AvgIpc) is 3.23. The minimum absolute atomic E-state index is 0.0651. The molecule has 25 heavy (non-hydrogen) atoms. The molecule has 0 bridgehead atoms. The van der Waals surface area contributed by atoms with Crippen molar-refractivity contribution in [3.8, 4) is 0 Å². The van der Waals surface area contributed by atoms with Gasteiger partial charge >= 0.3 is 0 Å². The Morgan fingerprint density at radius 3 is 2.84 bits per heavy atom. The molecule has 0 aliphatic carbocycles. The molecular weight excluding hydrogens is 352 g/mol. The van der Waals surface area contributed by atoms with Crippen molar-refractivity contribution in [3.63, 3.8) is 0 Å². The highest BCUT2D eigenvalue weighted by Gasteiger charge is 2.35. The zero-order valence-corrected chi connectivity index (χ0v) is 16.0. The summed E-state index contributed by atoms with van der Waals surface area (Å²) in [5, 5.41) is 7.23. The van der Waals surface area contributed by atoms with Gasteiger partial charge in [0.15, 0.2) is 0 Å². The van der Waals surface area contributed by atoms with Crippen molar-refractivity contribution < 1.29 is 9.59 Å². The van der Waals surface area contributed by atoms with Gasteiger partial charge in [0.05, 0.1) is 11.6 Å². The predicted octanol–water partition coefficient (Wildman–Crippen LogP) is 4.24. The number of benzene rings is 1. The topological polar surface area (TPSA) is 49.4 Å². The van der Waals surface area contributed by atoms with Gasteiger partial charge in [-0.1, -0.05) is 12.1 Å². The number of hydrogen-bond acceptors (Lipinski definition) is 4. The number of nitrogens with one attached hydrogen (secondary N) is 1. The summed E-state index contributed by atoms with van der Waals surface area (Å²) >= 11 is 3.40. The smallest absolute Gasteiger partial charge is 0.229 e. The molecule has 3 rings (SSSR count). The van der Waals surface area contributed by atoms with E-state index in [1.165, 1.54) is 5.56 Å². The van der Waals surface area contributed by atoms with Crippen LogP contribution in [0.5, 0.6) is 0 Å². The molecule has 2 amide bonds. The summed E-state index contributed by atoms with van der Waals surface area (Å²) in [5.41, 5.74) is 2.10. The standard InChI is InChI=1S/C19H22N2O2S2/c1-13(2)21-10-15(9-18(21)22)19(23)20-16-5-3-4-6-17(16)25-12-14-7-8-24-11-14/h3-8,11,13,15H,9-10,12H2,1-2H3,(H,20,23)/t15-/m0/s1. The van der Waals surface area contributed by atoms with Crippen LogP contribution in [0.4, 0.5) is 5.69 Å². The van der Waals surface area contributed by atoms with Crippen LogP contribution in [-0.4, -0.2) is 29.3 Å². The third-order valence-electron chi connectivity index (χ3n) is 4.27. The van der Waals surface area contributed by atoms with E-state index in [1.807, 2.05) is 38.1 Å². The molecule has 1 aliphatic rings. The Morgan fingerprint density at radius 2 is 2.16 bits per heavy atom. The van der Waals surface area contributed by atoms with Crippen LogP contribution in [0.25, 0.3) is 0 Å². The summed E-state index contributed by atoms with van der Waals surface area (Å²) in [5.74, 6) is 0.597. The molecule has 1 aromatic heterocycles. The third-order valence-corrected chi connectivity index (χ3v) is 6.15. The molecule has 0 radical (unpaired) electrons. The Labute approximate surface area is 156 Å². The Bertz CT molecular complexity index is 744. The number of rotatable bonds is 6. The first-order valence-electron chi connectivity index (χ1n) is 8.38. The van der Waals surface area contributed by atoms with E-state index in [-0.39, 0.29) is 23.8 Å². The van der Waals surface area contributed by atoms with Gasteiger partial charge in [0.1, 0.15) is 0 Å². The Balaban J connectivity index is 1.64. The lowest BCUT2D eigenvalue weighted by atomic mass is 10.1. The van der Waals surface area contributed by atoms with Crippen molar-refractivity contribution in [3.05, 3.63) is 46.7 Å². The van der Waals surface area contributed by atoms with Crippen LogP contribution < -0.4 is 5.32 Å². The number of nitrogens with zero attached hydrogens (tertiary/aromatic N) is 1. The molecule has 1 aromatic carbocycles. The first-order chi connectivity index (χ1) is 12.0. The second kappa shape index (κ2) is 8.06. The molecule has 0 spiro atoms. The second-order valence-electron chi connectivity index (χ2n) is 6.45. The summed E-state index contributed by atoms with van der Waals surface area (Å²) in [4.78, 5) is 27.5. The van der Waals surface area contributed by atoms with Gasteiger partial charge in [-0.05, 0) is 48.4 Å². The minimum Gasteiger partial charge on any atom is -0.339 e. The van der Waals surface area contributed by atoms with Crippen LogP contribution in [0.15, 0.2) is 46.0 Å². The first-order valence-corrected chi connectivity index (χ1v) is 10.3. The number of carbonyl (C=O) groups excluding carboxylic acids is 2. The highest BCUT2D eigenvalue weighted by atomic mass is 32.2. The SMILES string of the molecule is CC(C)N1C[C@@H](C(=O)Nc2ccccc2SCc2ccsc2)CC1=O. The lowest BCUT2D eigenvalue weighted by molar-refractivity contribution is -0.129. The van der Waals surface area contributed by atoms with Crippen LogP contribution in [0.3, 0.4) is 0 Å². The highest BCUT2D eigenvalue weighted by molar-refractivity contribution is 7.98. The van der Waals surface area contributed by atoms with Crippen molar-refractivity contribution in [2.45, 2.75) is 37.0 Å². The van der Waals surface area contributed by atoms with E-state index in [4.69, 9.17) is 0 Å². The van der Waals surface area contributed by atoms with Gasteiger partial charge < -0.3 is 10.2 Å². The van der Waals surface area contributed by atoms with E-state index in [0.29, 0.717) is 13.0 Å². The Morgan fingerprint density at radius 1 is 1.36 bits per heavy atom. The molecule has 1 atom stereocenters. The molecule has 6 heteroatoms. The zero-order valence-electron chi connectivity index (χ0n) is 14.4. The van der Waals surface area contributed by atoms with Crippen LogP contribution in [0.1, 0.15) is 25.8 Å². The zero-order chi connectivity index (χ0) is 17.8. The first kappa shape index (κ1) is 18.0. The van der Waals surface area contributed by atoms with Crippen molar-refractivity contribution in [1.82, 2.24) is 4.90 Å². The van der Waals surface area contributed by atoms with E-state index < -0.39 is 0 Å². The van der Waals surface area contributed by atoms with E-state index in [0.717, 1.165) is 16.3 Å². The van der Waals surface area contributed by atoms with E-state index in [2.05, 4.69) is 22.1 Å². The van der Waals surface area contributed by atoms with Crippen LogP contribution >= 0.6 is 23.1 Å². The molecule has 1 aliphatic heterocycles. The van der Waals surface area contributed by atoms with Gasteiger partial charge in [-0.2, -0.15) is 11.3 Å². The number of anilines is 1. The molecule has 0 saturated carbocycles. The lowest BCUT2D eigenvalue weighted by Gasteiger charge is -2.20. The fourth-order valence-corrected chi connectivity index (χ4v) is 4.60. The van der Waals surface area contributed by atoms with Gasteiger partial charge in [-0.25, -0.2) is 0 Å². The Hall–Kier alpha value is -1.79. The Kier molecular flexibility index (Phi) is 5.81. The van der Waals surface area contributed by atoms with E-state index >= 15 is 0 Å². The number of amides is 2. The summed E-state index contributed by atoms with van der Waals surface area (Å²) < 4.78 is 0. The van der Waals surface area contributed by atoms with Crippen molar-refractivity contribution in [2.75, 3.05) is 11.9 Å². The fourth-order valence-electron chi connectivity index (χ4n) is 2.87. The molecule has 4 nitrogen and oxygen atoms in total. The fraction of sp³-hybridized carbons (Fsp3) is 0.368. The van der Waals surface area contributed by atoms with Gasteiger partial charge in [0.2, 0.25) is 11.8 Å². The molecule has 1 N–H and O–H groups in total. The van der Waals surface area contributed by atoms with Gasteiger partial charge in [0.25, 0.3) is 0 Å². The molecule has 2 aromatic rings. The number of likely N-dealkylation sites (tertiary alicyclic amines) is 1. The van der Waals surface area contributed by atoms with Crippen LogP contribution in [-0.2, 0) is 15.3 Å². The maximum Gasteiger partial charge on any atom is 0.229 e. The highest BCUT2D eigenvalue weighted by Crippen LogP contribution is 2.31. The number of thiophene rings is 1. The minimum atomic E-state index is -0.273. The predicted molar refractivity (Wildman–Crippen MR) is 104 cm³/mol. The van der Waals surface area contributed by atoms with Crippen molar-refractivity contribution in [1.29, 1.82) is 0 Å². The maximum atomic E-state index is 12.6. The number of carbonyl (C=O) groups is 2. The number of para-hydroxylation sites is 1. The van der Waals surface area contributed by atoms with Gasteiger partial charge in [-0.3, -0.25) is 9.59 Å². The maximum absolute atomic E-state index is 12.6.